The normalized spacial score (nSPS) is 11.5. The van der Waals surface area contributed by atoms with Crippen LogP contribution in [0.3, 0.4) is 0 Å². The van der Waals surface area contributed by atoms with Gasteiger partial charge in [-0.05, 0) is 23.3 Å². The molecule has 0 aliphatic carbocycles. The molecule has 0 spiro atoms. The van der Waals surface area contributed by atoms with Crippen LogP contribution in [0.15, 0.2) is 48.5 Å². The van der Waals surface area contributed by atoms with E-state index in [1.54, 1.807) is 24.3 Å². The number of halogens is 2. The zero-order chi connectivity index (χ0) is 13.9. The Morgan fingerprint density at radius 3 is 2.32 bits per heavy atom. The fourth-order valence-corrected chi connectivity index (χ4v) is 3.60. The first-order chi connectivity index (χ1) is 8.96. The lowest BCUT2D eigenvalue weighted by Gasteiger charge is -2.06. The standard InChI is InChI=1S/C14H12ClFO2S/c15-14-8-13(16)7-6-12(14)10-19(17,18)9-11-4-2-1-3-5-11/h1-8H,9-10H2. The third-order valence-corrected chi connectivity index (χ3v) is 4.50. The molecule has 0 atom stereocenters. The Balaban J connectivity index is 2.17. The second-order valence-electron chi connectivity index (χ2n) is 4.25. The molecule has 0 aliphatic rings. The predicted molar refractivity (Wildman–Crippen MR) is 74.2 cm³/mol. The minimum absolute atomic E-state index is 0.0540. The van der Waals surface area contributed by atoms with Crippen molar-refractivity contribution >= 4 is 21.4 Å². The highest BCUT2D eigenvalue weighted by molar-refractivity contribution is 7.89. The van der Waals surface area contributed by atoms with Gasteiger partial charge in [0, 0.05) is 5.02 Å². The van der Waals surface area contributed by atoms with Crippen LogP contribution in [0.5, 0.6) is 0 Å². The van der Waals surface area contributed by atoms with Crippen molar-refractivity contribution in [2.24, 2.45) is 0 Å². The van der Waals surface area contributed by atoms with Gasteiger partial charge in [0.15, 0.2) is 9.84 Å². The van der Waals surface area contributed by atoms with Crippen molar-refractivity contribution in [2.45, 2.75) is 11.5 Å². The van der Waals surface area contributed by atoms with Crippen LogP contribution in [0.1, 0.15) is 11.1 Å². The van der Waals surface area contributed by atoms with Crippen LogP contribution in [0.2, 0.25) is 5.02 Å². The first kappa shape index (κ1) is 14.0. The summed E-state index contributed by atoms with van der Waals surface area (Å²) in [5, 5.41) is 0.136. The molecule has 2 nitrogen and oxygen atoms in total. The zero-order valence-electron chi connectivity index (χ0n) is 10.0. The molecule has 0 saturated carbocycles. The summed E-state index contributed by atoms with van der Waals surface area (Å²) in [5.41, 5.74) is 1.14. The number of benzene rings is 2. The van der Waals surface area contributed by atoms with Gasteiger partial charge in [-0.15, -0.1) is 0 Å². The topological polar surface area (TPSA) is 34.1 Å². The van der Waals surface area contributed by atoms with Crippen LogP contribution < -0.4 is 0 Å². The summed E-state index contributed by atoms with van der Waals surface area (Å²) in [4.78, 5) is 0. The molecule has 100 valence electrons. The second kappa shape index (κ2) is 5.72. The van der Waals surface area contributed by atoms with Crippen molar-refractivity contribution in [1.29, 1.82) is 0 Å². The molecule has 0 fully saturated rings. The monoisotopic (exact) mass is 298 g/mol. The van der Waals surface area contributed by atoms with Gasteiger partial charge in [0.2, 0.25) is 0 Å². The van der Waals surface area contributed by atoms with E-state index >= 15 is 0 Å². The van der Waals surface area contributed by atoms with E-state index in [9.17, 15) is 12.8 Å². The Hall–Kier alpha value is -1.39. The third-order valence-electron chi connectivity index (χ3n) is 2.62. The first-order valence-corrected chi connectivity index (χ1v) is 7.84. The maximum Gasteiger partial charge on any atom is 0.158 e. The maximum atomic E-state index is 12.9. The molecule has 0 unspecified atom stereocenters. The van der Waals surface area contributed by atoms with Gasteiger partial charge in [0.1, 0.15) is 5.82 Å². The molecule has 0 aliphatic heterocycles. The van der Waals surface area contributed by atoms with Crippen LogP contribution in [-0.4, -0.2) is 8.42 Å². The van der Waals surface area contributed by atoms with Crippen molar-refractivity contribution in [3.05, 3.63) is 70.5 Å². The second-order valence-corrected chi connectivity index (χ2v) is 6.73. The van der Waals surface area contributed by atoms with Gasteiger partial charge in [0.25, 0.3) is 0 Å². The van der Waals surface area contributed by atoms with E-state index in [2.05, 4.69) is 0 Å². The molecule has 2 aromatic rings. The lowest BCUT2D eigenvalue weighted by atomic mass is 10.2. The molecular formula is C14H12ClFO2S. The minimum atomic E-state index is -3.33. The fraction of sp³-hybridized carbons (Fsp3) is 0.143. The van der Waals surface area contributed by atoms with Gasteiger partial charge in [-0.25, -0.2) is 12.8 Å². The smallest absolute Gasteiger partial charge is 0.158 e. The van der Waals surface area contributed by atoms with Crippen LogP contribution in [0, 0.1) is 5.82 Å². The summed E-state index contributed by atoms with van der Waals surface area (Å²) in [5.74, 6) is -0.725. The van der Waals surface area contributed by atoms with E-state index in [-0.39, 0.29) is 16.5 Å². The van der Waals surface area contributed by atoms with Gasteiger partial charge in [-0.2, -0.15) is 0 Å². The van der Waals surface area contributed by atoms with E-state index in [1.165, 1.54) is 12.1 Å². The van der Waals surface area contributed by atoms with Gasteiger partial charge in [-0.3, -0.25) is 0 Å². The summed E-state index contributed by atoms with van der Waals surface area (Å²) in [7, 11) is -3.33. The summed E-state index contributed by atoms with van der Waals surface area (Å²) < 4.78 is 37.0. The van der Waals surface area contributed by atoms with Crippen molar-refractivity contribution in [3.63, 3.8) is 0 Å². The molecular weight excluding hydrogens is 287 g/mol. The third kappa shape index (κ3) is 4.04. The van der Waals surface area contributed by atoms with Crippen LogP contribution in [0.4, 0.5) is 4.39 Å². The molecule has 0 bridgehead atoms. The van der Waals surface area contributed by atoms with E-state index in [4.69, 9.17) is 11.6 Å². The summed E-state index contributed by atoms with van der Waals surface area (Å²) in [6.07, 6.45) is 0. The number of sulfone groups is 1. The van der Waals surface area contributed by atoms with Crippen LogP contribution >= 0.6 is 11.6 Å². The van der Waals surface area contributed by atoms with E-state index in [0.717, 1.165) is 11.6 Å². The summed E-state index contributed by atoms with van der Waals surface area (Å²) in [6.45, 7) is 0. The van der Waals surface area contributed by atoms with Gasteiger partial charge < -0.3 is 0 Å². The number of hydrogen-bond donors (Lipinski definition) is 0. The molecule has 19 heavy (non-hydrogen) atoms. The van der Waals surface area contributed by atoms with Crippen molar-refractivity contribution in [2.75, 3.05) is 0 Å². The highest BCUT2D eigenvalue weighted by Crippen LogP contribution is 2.21. The maximum absolute atomic E-state index is 12.9. The van der Waals surface area contributed by atoms with E-state index < -0.39 is 15.7 Å². The Kier molecular flexibility index (Phi) is 4.22. The average molecular weight is 299 g/mol. The van der Waals surface area contributed by atoms with Gasteiger partial charge in [0.05, 0.1) is 11.5 Å². The van der Waals surface area contributed by atoms with Crippen LogP contribution in [0.25, 0.3) is 0 Å². The Bertz CT molecular complexity index is 669. The highest BCUT2D eigenvalue weighted by atomic mass is 35.5. The molecule has 5 heteroatoms. The predicted octanol–water partition coefficient (Wildman–Crippen LogP) is 3.59. The lowest BCUT2D eigenvalue weighted by molar-refractivity contribution is 0.594. The Labute approximate surface area is 116 Å². The summed E-state index contributed by atoms with van der Waals surface area (Å²) >= 11 is 5.83. The Morgan fingerprint density at radius 2 is 1.68 bits per heavy atom. The largest absolute Gasteiger partial charge is 0.228 e. The van der Waals surface area contributed by atoms with E-state index in [0.29, 0.717) is 5.56 Å². The van der Waals surface area contributed by atoms with Gasteiger partial charge >= 0.3 is 0 Å². The lowest BCUT2D eigenvalue weighted by Crippen LogP contribution is -2.08. The molecule has 2 aromatic carbocycles. The Morgan fingerprint density at radius 1 is 1.00 bits per heavy atom. The molecule has 0 amide bonds. The highest BCUT2D eigenvalue weighted by Gasteiger charge is 2.15. The fourth-order valence-electron chi connectivity index (χ4n) is 1.75. The molecule has 0 N–H and O–H groups in total. The molecule has 0 saturated heterocycles. The van der Waals surface area contributed by atoms with E-state index in [1.807, 2.05) is 6.07 Å². The molecule has 0 aromatic heterocycles. The number of hydrogen-bond acceptors (Lipinski definition) is 2. The minimum Gasteiger partial charge on any atom is -0.228 e. The number of rotatable bonds is 4. The first-order valence-electron chi connectivity index (χ1n) is 5.64. The van der Waals surface area contributed by atoms with Gasteiger partial charge in [-0.1, -0.05) is 48.0 Å². The zero-order valence-corrected chi connectivity index (χ0v) is 11.6. The molecule has 2 rings (SSSR count). The van der Waals surface area contributed by atoms with Crippen molar-refractivity contribution in [1.82, 2.24) is 0 Å². The SMILES string of the molecule is O=S(=O)(Cc1ccccc1)Cc1ccc(F)cc1Cl. The summed E-state index contributed by atoms with van der Waals surface area (Å²) in [6, 6.07) is 12.6. The van der Waals surface area contributed by atoms with Crippen LogP contribution in [-0.2, 0) is 21.3 Å². The average Bonchev–Trinajstić information content (AvgIpc) is 2.33. The van der Waals surface area contributed by atoms with Crippen molar-refractivity contribution < 1.29 is 12.8 Å². The van der Waals surface area contributed by atoms with Crippen molar-refractivity contribution in [3.8, 4) is 0 Å². The molecule has 0 heterocycles. The quantitative estimate of drug-likeness (QED) is 0.864. The molecule has 0 radical (unpaired) electrons.